The number of carbonyl (C=O) groups excluding carboxylic acids is 1. The first-order valence-corrected chi connectivity index (χ1v) is 8.17. The van der Waals surface area contributed by atoms with Crippen LogP contribution in [0.25, 0.3) is 10.2 Å². The molecule has 0 atom stereocenters. The van der Waals surface area contributed by atoms with Gasteiger partial charge in [-0.1, -0.05) is 30.3 Å². The Labute approximate surface area is 133 Å². The molecule has 0 spiro atoms. The molecule has 0 radical (unpaired) electrons. The van der Waals surface area contributed by atoms with Gasteiger partial charge in [-0.05, 0) is 29.5 Å². The number of nitrogens with zero attached hydrogens (tertiary/aromatic N) is 1. The highest BCUT2D eigenvalue weighted by Gasteiger charge is 2.16. The zero-order valence-electron chi connectivity index (χ0n) is 12.2. The maximum Gasteiger partial charge on any atom is 0.267 e. The number of nitrogens with one attached hydrogen (secondary N) is 1. The molecular weight excluding hydrogens is 296 g/mol. The van der Waals surface area contributed by atoms with Gasteiger partial charge in [0.25, 0.3) is 5.91 Å². The van der Waals surface area contributed by atoms with E-state index in [0.717, 1.165) is 15.8 Å². The SMILES string of the molecule is O=C(NCCCO)c1cc2sccc2n1Cc1ccccc1. The molecule has 0 saturated heterocycles. The Balaban J connectivity index is 1.90. The minimum Gasteiger partial charge on any atom is -0.396 e. The van der Waals surface area contributed by atoms with Crippen LogP contribution in [0.1, 0.15) is 22.5 Å². The third-order valence-corrected chi connectivity index (χ3v) is 4.41. The summed E-state index contributed by atoms with van der Waals surface area (Å²) in [5.74, 6) is -0.0900. The second-order valence-corrected chi connectivity index (χ2v) is 6.05. The van der Waals surface area contributed by atoms with E-state index in [1.165, 1.54) is 0 Å². The molecular formula is C17H18N2O2S. The van der Waals surface area contributed by atoms with Crippen LogP contribution < -0.4 is 5.32 Å². The van der Waals surface area contributed by atoms with Gasteiger partial charge < -0.3 is 15.0 Å². The topological polar surface area (TPSA) is 54.3 Å². The number of aliphatic hydroxyl groups excluding tert-OH is 1. The van der Waals surface area contributed by atoms with Gasteiger partial charge in [0, 0.05) is 19.7 Å². The number of aromatic nitrogens is 1. The Morgan fingerprint density at radius 2 is 2.05 bits per heavy atom. The predicted octanol–water partition coefficient (Wildman–Crippen LogP) is 2.86. The van der Waals surface area contributed by atoms with Crippen molar-refractivity contribution in [3.05, 3.63) is 59.1 Å². The molecule has 4 nitrogen and oxygen atoms in total. The van der Waals surface area contributed by atoms with Crippen molar-refractivity contribution in [2.45, 2.75) is 13.0 Å². The summed E-state index contributed by atoms with van der Waals surface area (Å²) in [6, 6.07) is 14.1. The lowest BCUT2D eigenvalue weighted by molar-refractivity contribution is 0.0943. The fourth-order valence-electron chi connectivity index (χ4n) is 2.47. The third-order valence-electron chi connectivity index (χ3n) is 3.56. The number of rotatable bonds is 6. The molecule has 0 bridgehead atoms. The van der Waals surface area contributed by atoms with Crippen molar-refractivity contribution in [1.82, 2.24) is 9.88 Å². The van der Waals surface area contributed by atoms with E-state index in [1.807, 2.05) is 35.7 Å². The number of hydrogen-bond acceptors (Lipinski definition) is 3. The highest BCUT2D eigenvalue weighted by Crippen LogP contribution is 2.26. The molecule has 0 aliphatic carbocycles. The van der Waals surface area contributed by atoms with Gasteiger partial charge in [0.15, 0.2) is 0 Å². The summed E-state index contributed by atoms with van der Waals surface area (Å²) in [6.07, 6.45) is 0.569. The van der Waals surface area contributed by atoms with Gasteiger partial charge in [-0.2, -0.15) is 0 Å². The largest absolute Gasteiger partial charge is 0.396 e. The van der Waals surface area contributed by atoms with Crippen LogP contribution in [0.3, 0.4) is 0 Å². The van der Waals surface area contributed by atoms with Crippen LogP contribution in [0, 0.1) is 0 Å². The molecule has 0 aliphatic rings. The fraction of sp³-hybridized carbons (Fsp3) is 0.235. The van der Waals surface area contributed by atoms with E-state index < -0.39 is 0 Å². The van der Waals surface area contributed by atoms with Crippen LogP contribution in [0.2, 0.25) is 0 Å². The number of benzene rings is 1. The second-order valence-electron chi connectivity index (χ2n) is 5.10. The number of carbonyl (C=O) groups is 1. The number of fused-ring (bicyclic) bond motifs is 1. The van der Waals surface area contributed by atoms with Crippen molar-refractivity contribution >= 4 is 27.5 Å². The molecule has 5 heteroatoms. The first kappa shape index (κ1) is 14.8. The lowest BCUT2D eigenvalue weighted by Crippen LogP contribution is -2.27. The Morgan fingerprint density at radius 3 is 2.82 bits per heavy atom. The van der Waals surface area contributed by atoms with Crippen molar-refractivity contribution in [3.63, 3.8) is 0 Å². The van der Waals surface area contributed by atoms with Crippen LogP contribution in [0.15, 0.2) is 47.8 Å². The minimum absolute atomic E-state index is 0.0837. The van der Waals surface area contributed by atoms with Crippen molar-refractivity contribution in [3.8, 4) is 0 Å². The van der Waals surface area contributed by atoms with E-state index >= 15 is 0 Å². The Morgan fingerprint density at radius 1 is 1.23 bits per heavy atom. The van der Waals surface area contributed by atoms with Crippen LogP contribution in [0.4, 0.5) is 0 Å². The average Bonchev–Trinajstić information content (AvgIpc) is 3.11. The Hall–Kier alpha value is -2.11. The molecule has 2 heterocycles. The fourth-order valence-corrected chi connectivity index (χ4v) is 3.30. The molecule has 0 fully saturated rings. The number of hydrogen-bond donors (Lipinski definition) is 2. The number of amides is 1. The van der Waals surface area contributed by atoms with Gasteiger partial charge in [-0.25, -0.2) is 0 Å². The highest BCUT2D eigenvalue weighted by atomic mass is 32.1. The van der Waals surface area contributed by atoms with Crippen molar-refractivity contribution in [2.75, 3.05) is 13.2 Å². The highest BCUT2D eigenvalue weighted by molar-refractivity contribution is 7.17. The van der Waals surface area contributed by atoms with Gasteiger partial charge in [0.2, 0.25) is 0 Å². The molecule has 0 saturated carbocycles. The number of thiophene rings is 1. The summed E-state index contributed by atoms with van der Waals surface area (Å²) in [5, 5.41) is 13.7. The van der Waals surface area contributed by atoms with Crippen LogP contribution in [-0.4, -0.2) is 28.7 Å². The Bertz CT molecular complexity index is 761. The summed E-state index contributed by atoms with van der Waals surface area (Å²) < 4.78 is 3.17. The first-order valence-electron chi connectivity index (χ1n) is 7.29. The average molecular weight is 314 g/mol. The third kappa shape index (κ3) is 3.05. The zero-order valence-corrected chi connectivity index (χ0v) is 13.0. The molecule has 2 aromatic heterocycles. The molecule has 2 N–H and O–H groups in total. The lowest BCUT2D eigenvalue weighted by atomic mass is 10.2. The molecule has 0 aliphatic heterocycles. The lowest BCUT2D eigenvalue weighted by Gasteiger charge is -2.10. The van der Waals surface area contributed by atoms with E-state index in [2.05, 4.69) is 22.0 Å². The smallest absolute Gasteiger partial charge is 0.267 e. The van der Waals surface area contributed by atoms with Crippen LogP contribution in [-0.2, 0) is 6.54 Å². The molecule has 1 amide bonds. The van der Waals surface area contributed by atoms with Gasteiger partial charge in [0.05, 0.1) is 10.2 Å². The van der Waals surface area contributed by atoms with E-state index in [9.17, 15) is 4.79 Å². The van der Waals surface area contributed by atoms with Crippen molar-refractivity contribution in [2.24, 2.45) is 0 Å². The van der Waals surface area contributed by atoms with E-state index in [-0.39, 0.29) is 12.5 Å². The maximum atomic E-state index is 12.4. The summed E-state index contributed by atoms with van der Waals surface area (Å²) in [4.78, 5) is 12.4. The maximum absolute atomic E-state index is 12.4. The molecule has 3 rings (SSSR count). The summed E-state index contributed by atoms with van der Waals surface area (Å²) in [6.45, 7) is 1.24. The summed E-state index contributed by atoms with van der Waals surface area (Å²) in [5.41, 5.74) is 2.92. The van der Waals surface area contributed by atoms with Crippen molar-refractivity contribution < 1.29 is 9.90 Å². The van der Waals surface area contributed by atoms with Gasteiger partial charge in [-0.15, -0.1) is 11.3 Å². The van der Waals surface area contributed by atoms with E-state index in [1.54, 1.807) is 11.3 Å². The first-order chi connectivity index (χ1) is 10.8. The van der Waals surface area contributed by atoms with Crippen molar-refractivity contribution in [1.29, 1.82) is 0 Å². The van der Waals surface area contributed by atoms with Gasteiger partial charge in [-0.3, -0.25) is 4.79 Å². The zero-order chi connectivity index (χ0) is 15.4. The number of aliphatic hydroxyl groups is 1. The van der Waals surface area contributed by atoms with Crippen LogP contribution >= 0.6 is 11.3 Å². The minimum atomic E-state index is -0.0900. The predicted molar refractivity (Wildman–Crippen MR) is 89.4 cm³/mol. The monoisotopic (exact) mass is 314 g/mol. The van der Waals surface area contributed by atoms with Gasteiger partial charge >= 0.3 is 0 Å². The molecule has 0 unspecified atom stereocenters. The quantitative estimate of drug-likeness (QED) is 0.687. The summed E-state index contributed by atoms with van der Waals surface area (Å²) in [7, 11) is 0. The molecule has 3 aromatic rings. The molecule has 114 valence electrons. The standard InChI is InChI=1S/C17H18N2O2S/c20-9-4-8-18-17(21)15-11-16-14(7-10-22-16)19(15)12-13-5-2-1-3-6-13/h1-3,5-7,10-11,20H,4,8-9,12H2,(H,18,21). The normalized spacial score (nSPS) is 11.0. The molecule has 1 aromatic carbocycles. The molecule has 22 heavy (non-hydrogen) atoms. The Kier molecular flexibility index (Phi) is 4.56. The summed E-state index contributed by atoms with van der Waals surface area (Å²) >= 11 is 1.64. The second kappa shape index (κ2) is 6.77. The van der Waals surface area contributed by atoms with E-state index in [4.69, 9.17) is 5.11 Å². The van der Waals surface area contributed by atoms with Gasteiger partial charge in [0.1, 0.15) is 5.69 Å². The van der Waals surface area contributed by atoms with E-state index in [0.29, 0.717) is 25.2 Å². The van der Waals surface area contributed by atoms with Crippen LogP contribution in [0.5, 0.6) is 0 Å².